The minimum absolute atomic E-state index is 0.0448. The van der Waals surface area contributed by atoms with Crippen LogP contribution in [0.1, 0.15) is 134 Å². The normalized spacial score (nSPS) is 45.5. The van der Waals surface area contributed by atoms with Crippen LogP contribution < -0.4 is 0 Å². The molecule has 0 aromatic carbocycles. The topological polar surface area (TPSA) is 72.9 Å². The molecule has 5 aliphatic carbocycles. The number of allylic oxidation sites excluding steroid dienone is 2. The molecule has 0 aliphatic heterocycles. The number of hydrogen-bond acceptors (Lipinski definition) is 5. The highest BCUT2D eigenvalue weighted by Gasteiger charge is 2.70. The molecule has 0 aromatic heterocycles. The van der Waals surface area contributed by atoms with Crippen molar-refractivity contribution in [3.63, 3.8) is 0 Å². The van der Waals surface area contributed by atoms with Crippen molar-refractivity contribution in [3.05, 3.63) is 11.6 Å². The number of nitrogens with zero attached hydrogens (tertiary/aromatic N) is 1. The van der Waals surface area contributed by atoms with Crippen LogP contribution in [0.2, 0.25) is 0 Å². The van der Waals surface area contributed by atoms with Crippen LogP contribution in [0.5, 0.6) is 0 Å². The molecule has 1 unspecified atom stereocenters. The molecule has 0 bridgehead atoms. The Bertz CT molecular complexity index is 1230. The van der Waals surface area contributed by atoms with E-state index in [1.54, 1.807) is 7.05 Å². The van der Waals surface area contributed by atoms with Crippen molar-refractivity contribution in [1.82, 2.24) is 5.06 Å². The van der Waals surface area contributed by atoms with E-state index in [1.165, 1.54) is 17.6 Å². The zero-order valence-corrected chi connectivity index (χ0v) is 29.2. The molecule has 0 N–H and O–H groups in total. The lowest BCUT2D eigenvalue weighted by molar-refractivity contribution is -0.228. The molecule has 4 fully saturated rings. The van der Waals surface area contributed by atoms with E-state index in [9.17, 15) is 14.4 Å². The Labute approximate surface area is 261 Å². The average molecular weight is 598 g/mol. The molecule has 1 amide bonds. The number of rotatable bonds is 3. The van der Waals surface area contributed by atoms with Crippen molar-refractivity contribution in [2.45, 2.75) is 146 Å². The number of fused-ring (bicyclic) bond motifs is 7. The van der Waals surface area contributed by atoms with E-state index in [-0.39, 0.29) is 56.9 Å². The Morgan fingerprint density at radius 1 is 0.907 bits per heavy atom. The van der Waals surface area contributed by atoms with Crippen molar-refractivity contribution in [2.24, 2.45) is 50.2 Å². The van der Waals surface area contributed by atoms with Gasteiger partial charge in [-0.2, -0.15) is 0 Å². The first-order chi connectivity index (χ1) is 19.5. The molecule has 0 spiro atoms. The van der Waals surface area contributed by atoms with Gasteiger partial charge >= 0.3 is 5.97 Å². The lowest BCUT2D eigenvalue weighted by Crippen LogP contribution is -2.66. The summed E-state index contributed by atoms with van der Waals surface area (Å²) < 4.78 is 5.87. The number of ketones is 1. The van der Waals surface area contributed by atoms with E-state index >= 15 is 0 Å². The smallest absolute Gasteiger partial charge is 0.302 e. The molecular weight excluding hydrogens is 538 g/mol. The van der Waals surface area contributed by atoms with Gasteiger partial charge in [0, 0.05) is 30.7 Å². The van der Waals surface area contributed by atoms with Crippen LogP contribution in [0.25, 0.3) is 0 Å². The number of carbonyl (C=O) groups excluding carboxylic acids is 3. The first-order valence-electron chi connectivity index (χ1n) is 16.9. The van der Waals surface area contributed by atoms with Crippen LogP contribution in [0, 0.1) is 50.2 Å². The first kappa shape index (κ1) is 32.7. The first-order valence-corrected chi connectivity index (χ1v) is 16.9. The zero-order chi connectivity index (χ0) is 32.2. The summed E-state index contributed by atoms with van der Waals surface area (Å²) in [4.78, 5) is 46.5. The van der Waals surface area contributed by atoms with Crippen LogP contribution in [0.3, 0.4) is 0 Å². The van der Waals surface area contributed by atoms with Gasteiger partial charge in [0.1, 0.15) is 6.10 Å². The molecule has 0 saturated heterocycles. The quantitative estimate of drug-likeness (QED) is 0.243. The van der Waals surface area contributed by atoms with Crippen LogP contribution in [0.4, 0.5) is 0 Å². The molecule has 0 radical (unpaired) electrons. The highest BCUT2D eigenvalue weighted by molar-refractivity contribution is 5.95. The summed E-state index contributed by atoms with van der Waals surface area (Å²) in [5.41, 5.74) is -0.182. The van der Waals surface area contributed by atoms with Crippen molar-refractivity contribution in [3.8, 4) is 0 Å². The summed E-state index contributed by atoms with van der Waals surface area (Å²) in [6, 6.07) is 0. The van der Waals surface area contributed by atoms with E-state index in [0.29, 0.717) is 11.7 Å². The fourth-order valence-corrected chi connectivity index (χ4v) is 11.6. The SMILES string of the molecule is CC(=O)O[C@H]1CC[C@@]2(C)C(CC[C@]3(C)[C@@H]2C(=O)C=C2[C@@H]4C[C@@](C)(C(=O)N(C)OC(C)(C)C)CC[C@]4(C)CC[C@]23C)C1(C)C. The Morgan fingerprint density at radius 3 is 2.14 bits per heavy atom. The van der Waals surface area contributed by atoms with Crippen LogP contribution in [-0.2, 0) is 24.0 Å². The van der Waals surface area contributed by atoms with Crippen LogP contribution in [0.15, 0.2) is 11.6 Å². The van der Waals surface area contributed by atoms with Crippen molar-refractivity contribution < 1.29 is 24.0 Å². The predicted octanol–water partition coefficient (Wildman–Crippen LogP) is 8.09. The number of carbonyl (C=O) groups is 3. The van der Waals surface area contributed by atoms with Crippen molar-refractivity contribution >= 4 is 17.7 Å². The highest BCUT2D eigenvalue weighted by atomic mass is 16.7. The Hall–Kier alpha value is -1.69. The summed E-state index contributed by atoms with van der Waals surface area (Å²) in [5.74, 6) is 0.568. The molecule has 4 saturated carbocycles. The van der Waals surface area contributed by atoms with Crippen molar-refractivity contribution in [2.75, 3.05) is 7.05 Å². The van der Waals surface area contributed by atoms with E-state index < -0.39 is 11.0 Å². The summed E-state index contributed by atoms with van der Waals surface area (Å²) in [6.45, 7) is 23.7. The second kappa shape index (κ2) is 9.90. The van der Waals surface area contributed by atoms with Crippen LogP contribution >= 0.6 is 0 Å². The molecular formula is C37H59NO5. The Morgan fingerprint density at radius 2 is 1.53 bits per heavy atom. The van der Waals surface area contributed by atoms with E-state index in [0.717, 1.165) is 57.8 Å². The molecule has 6 heteroatoms. The summed E-state index contributed by atoms with van der Waals surface area (Å²) in [7, 11) is 1.75. The van der Waals surface area contributed by atoms with Crippen molar-refractivity contribution in [1.29, 1.82) is 0 Å². The average Bonchev–Trinajstić information content (AvgIpc) is 2.86. The van der Waals surface area contributed by atoms with Gasteiger partial charge in [0.15, 0.2) is 5.78 Å². The number of esters is 1. The van der Waals surface area contributed by atoms with Gasteiger partial charge in [-0.05, 0) is 118 Å². The van der Waals surface area contributed by atoms with Gasteiger partial charge in [0.2, 0.25) is 0 Å². The number of hydrogen-bond donors (Lipinski definition) is 0. The fraction of sp³-hybridized carbons (Fsp3) is 0.865. The third-order valence-electron chi connectivity index (χ3n) is 14.0. The number of amides is 1. The fourth-order valence-electron chi connectivity index (χ4n) is 11.6. The molecule has 0 aromatic rings. The third-order valence-corrected chi connectivity index (χ3v) is 14.0. The minimum atomic E-state index is -0.535. The van der Waals surface area contributed by atoms with Gasteiger partial charge in [0.05, 0.1) is 5.60 Å². The minimum Gasteiger partial charge on any atom is -0.462 e. The van der Waals surface area contributed by atoms with Gasteiger partial charge in [-0.15, -0.1) is 0 Å². The van der Waals surface area contributed by atoms with E-state index in [4.69, 9.17) is 9.57 Å². The summed E-state index contributed by atoms with van der Waals surface area (Å²) >= 11 is 0. The third kappa shape index (κ3) is 4.77. The van der Waals surface area contributed by atoms with Gasteiger partial charge in [0.25, 0.3) is 5.91 Å². The molecule has 9 atom stereocenters. The summed E-state index contributed by atoms with van der Waals surface area (Å²) in [5, 5.41) is 1.47. The lowest BCUT2D eigenvalue weighted by atomic mass is 9.33. The molecule has 6 nitrogen and oxygen atoms in total. The maximum Gasteiger partial charge on any atom is 0.302 e. The molecule has 0 heterocycles. The second-order valence-electron chi connectivity index (χ2n) is 18.2. The zero-order valence-electron chi connectivity index (χ0n) is 29.2. The molecule has 5 rings (SSSR count). The molecule has 43 heavy (non-hydrogen) atoms. The lowest BCUT2D eigenvalue weighted by Gasteiger charge is -2.70. The summed E-state index contributed by atoms with van der Waals surface area (Å²) in [6.07, 6.45) is 10.5. The van der Waals surface area contributed by atoms with Gasteiger partial charge in [-0.25, -0.2) is 5.06 Å². The Kier molecular flexibility index (Phi) is 7.53. The maximum absolute atomic E-state index is 14.6. The standard InChI is InChI=1S/C37H59NO5/c1-23(39)42-28-14-15-35(9)27(32(28,5)6)13-16-37(11)29(35)26(40)21-24-25-22-34(8,30(41)38(12)43-31(2,3)4)18-17-33(25,7)19-20-36(24,37)10/h21,25,27-29H,13-20,22H2,1-12H3/t25-,27?,28-,29+,33+,34-,35-,36+,37+/m0/s1. The van der Waals surface area contributed by atoms with Gasteiger partial charge in [-0.1, -0.05) is 54.0 Å². The van der Waals surface area contributed by atoms with Gasteiger partial charge < -0.3 is 4.74 Å². The second-order valence-corrected chi connectivity index (χ2v) is 18.2. The van der Waals surface area contributed by atoms with Gasteiger partial charge in [-0.3, -0.25) is 19.2 Å². The molecule has 242 valence electrons. The molecule has 5 aliphatic rings. The highest BCUT2D eigenvalue weighted by Crippen LogP contribution is 2.75. The van der Waals surface area contributed by atoms with E-state index in [2.05, 4.69) is 54.5 Å². The Balaban J connectivity index is 1.52. The van der Waals surface area contributed by atoms with E-state index in [1.807, 2.05) is 20.8 Å². The largest absolute Gasteiger partial charge is 0.462 e. The maximum atomic E-state index is 14.6. The predicted molar refractivity (Wildman–Crippen MR) is 169 cm³/mol. The number of hydroxylamine groups is 2. The monoisotopic (exact) mass is 597 g/mol. The van der Waals surface area contributed by atoms with Crippen LogP contribution in [-0.4, -0.2) is 41.5 Å². The number of ether oxygens (including phenoxy) is 1.